The van der Waals surface area contributed by atoms with E-state index in [1.165, 1.54) is 22.1 Å². The molecule has 0 aliphatic carbocycles. The van der Waals surface area contributed by atoms with E-state index < -0.39 is 0 Å². The summed E-state index contributed by atoms with van der Waals surface area (Å²) < 4.78 is 4.29. The molecule has 0 spiro atoms. The Balaban J connectivity index is 1.60. The summed E-state index contributed by atoms with van der Waals surface area (Å²) in [6.07, 6.45) is 2.06. The number of aromatic nitrogens is 1. The van der Waals surface area contributed by atoms with Crippen LogP contribution in [-0.2, 0) is 6.54 Å². The number of hydrogen-bond donors (Lipinski definition) is 1. The van der Waals surface area contributed by atoms with Crippen LogP contribution in [0, 0.1) is 0 Å². The highest BCUT2D eigenvalue weighted by molar-refractivity contribution is 7.99. The molecule has 3 rings (SSSR count). The van der Waals surface area contributed by atoms with Gasteiger partial charge in [0.05, 0.1) is 4.90 Å². The SMILES string of the molecule is CSc1c(N)nsc1N1CCN(Cc2ccccc2)CC1. The van der Waals surface area contributed by atoms with Gasteiger partial charge in [-0.2, -0.15) is 4.37 Å². The molecule has 0 radical (unpaired) electrons. The number of anilines is 2. The summed E-state index contributed by atoms with van der Waals surface area (Å²) in [6.45, 7) is 5.29. The number of nitrogen functional groups attached to an aromatic ring is 1. The van der Waals surface area contributed by atoms with E-state index in [0.717, 1.165) is 37.6 Å². The first-order chi connectivity index (χ1) is 10.3. The maximum Gasteiger partial charge on any atom is 0.153 e. The maximum atomic E-state index is 5.93. The molecule has 2 heterocycles. The molecule has 21 heavy (non-hydrogen) atoms. The molecule has 0 atom stereocenters. The number of hydrogen-bond acceptors (Lipinski definition) is 6. The van der Waals surface area contributed by atoms with Gasteiger partial charge in [0.1, 0.15) is 5.00 Å². The fourth-order valence-electron chi connectivity index (χ4n) is 2.63. The first kappa shape index (κ1) is 14.7. The summed E-state index contributed by atoms with van der Waals surface area (Å²) in [5.41, 5.74) is 7.32. The molecule has 1 aromatic heterocycles. The van der Waals surface area contributed by atoms with Crippen molar-refractivity contribution in [2.24, 2.45) is 0 Å². The van der Waals surface area contributed by atoms with E-state index in [1.54, 1.807) is 11.8 Å². The minimum atomic E-state index is 0.675. The third-order valence-electron chi connectivity index (χ3n) is 3.77. The lowest BCUT2D eigenvalue weighted by molar-refractivity contribution is 0.250. The predicted molar refractivity (Wildman–Crippen MR) is 92.2 cm³/mol. The molecule has 0 amide bonds. The Labute approximate surface area is 134 Å². The van der Waals surface area contributed by atoms with E-state index in [-0.39, 0.29) is 0 Å². The highest BCUT2D eigenvalue weighted by Gasteiger charge is 2.22. The summed E-state index contributed by atoms with van der Waals surface area (Å²) in [4.78, 5) is 6.06. The topological polar surface area (TPSA) is 45.4 Å². The van der Waals surface area contributed by atoms with Gasteiger partial charge < -0.3 is 10.6 Å². The lowest BCUT2D eigenvalue weighted by Crippen LogP contribution is -2.45. The van der Waals surface area contributed by atoms with Crippen LogP contribution in [0.5, 0.6) is 0 Å². The van der Waals surface area contributed by atoms with E-state index in [1.807, 2.05) is 0 Å². The van der Waals surface area contributed by atoms with Crippen molar-refractivity contribution >= 4 is 34.1 Å². The Morgan fingerprint density at radius 2 is 1.90 bits per heavy atom. The zero-order valence-electron chi connectivity index (χ0n) is 12.2. The van der Waals surface area contributed by atoms with Gasteiger partial charge in [-0.15, -0.1) is 11.8 Å². The smallest absolute Gasteiger partial charge is 0.153 e. The highest BCUT2D eigenvalue weighted by atomic mass is 32.2. The van der Waals surface area contributed by atoms with Crippen LogP contribution in [-0.4, -0.2) is 41.7 Å². The van der Waals surface area contributed by atoms with Crippen LogP contribution in [0.3, 0.4) is 0 Å². The second kappa shape index (κ2) is 6.68. The molecule has 0 bridgehead atoms. The lowest BCUT2D eigenvalue weighted by Gasteiger charge is -2.35. The van der Waals surface area contributed by atoms with E-state index in [4.69, 9.17) is 5.73 Å². The Morgan fingerprint density at radius 3 is 2.57 bits per heavy atom. The summed E-state index contributed by atoms with van der Waals surface area (Å²) in [5, 5.41) is 1.24. The normalized spacial score (nSPS) is 16.3. The molecule has 0 unspecified atom stereocenters. The molecule has 1 aliphatic rings. The fraction of sp³-hybridized carbons (Fsp3) is 0.400. The third-order valence-corrected chi connectivity index (χ3v) is 5.63. The highest BCUT2D eigenvalue weighted by Crippen LogP contribution is 2.37. The largest absolute Gasteiger partial charge is 0.382 e. The van der Waals surface area contributed by atoms with Gasteiger partial charge in [-0.25, -0.2) is 0 Å². The van der Waals surface area contributed by atoms with Crippen LogP contribution >= 0.6 is 23.3 Å². The predicted octanol–water partition coefficient (Wildman–Crippen LogP) is 2.77. The Kier molecular flexibility index (Phi) is 4.67. The van der Waals surface area contributed by atoms with Crippen molar-refractivity contribution < 1.29 is 0 Å². The molecule has 112 valence electrons. The van der Waals surface area contributed by atoms with Gasteiger partial charge in [-0.1, -0.05) is 30.3 Å². The van der Waals surface area contributed by atoms with Crippen LogP contribution < -0.4 is 10.6 Å². The van der Waals surface area contributed by atoms with Crippen LogP contribution in [0.25, 0.3) is 0 Å². The molecular weight excluding hydrogens is 300 g/mol. The summed E-state index contributed by atoms with van der Waals surface area (Å²) in [7, 11) is 0. The molecule has 1 saturated heterocycles. The summed E-state index contributed by atoms with van der Waals surface area (Å²) >= 11 is 3.22. The number of rotatable bonds is 4. The quantitative estimate of drug-likeness (QED) is 0.878. The van der Waals surface area contributed by atoms with Crippen molar-refractivity contribution in [1.82, 2.24) is 9.27 Å². The summed E-state index contributed by atoms with van der Waals surface area (Å²) in [5.74, 6) is 0.675. The third kappa shape index (κ3) is 3.33. The van der Waals surface area contributed by atoms with Crippen LogP contribution in [0.1, 0.15) is 5.56 Å². The molecule has 4 nitrogen and oxygen atoms in total. The zero-order chi connectivity index (χ0) is 14.7. The van der Waals surface area contributed by atoms with Gasteiger partial charge in [0.25, 0.3) is 0 Å². The van der Waals surface area contributed by atoms with E-state index in [0.29, 0.717) is 5.82 Å². The lowest BCUT2D eigenvalue weighted by atomic mass is 10.2. The van der Waals surface area contributed by atoms with Gasteiger partial charge >= 0.3 is 0 Å². The van der Waals surface area contributed by atoms with Crippen molar-refractivity contribution in [3.8, 4) is 0 Å². The van der Waals surface area contributed by atoms with Gasteiger partial charge in [0, 0.05) is 32.7 Å². The van der Waals surface area contributed by atoms with Crippen molar-refractivity contribution in [3.05, 3.63) is 35.9 Å². The van der Waals surface area contributed by atoms with Crippen molar-refractivity contribution in [2.45, 2.75) is 11.4 Å². The second-order valence-corrected chi connectivity index (χ2v) is 6.72. The number of piperazine rings is 1. The minimum absolute atomic E-state index is 0.675. The first-order valence-corrected chi connectivity index (χ1v) is 9.08. The van der Waals surface area contributed by atoms with Gasteiger partial charge in [-0.05, 0) is 23.4 Å². The maximum absolute atomic E-state index is 5.93. The molecule has 1 aromatic carbocycles. The molecule has 2 aromatic rings. The van der Waals surface area contributed by atoms with Crippen molar-refractivity contribution in [3.63, 3.8) is 0 Å². The van der Waals surface area contributed by atoms with Crippen LogP contribution in [0.2, 0.25) is 0 Å². The van der Waals surface area contributed by atoms with E-state index >= 15 is 0 Å². The standard InChI is InChI=1S/C15H20N4S2/c1-20-13-14(16)17-21-15(13)19-9-7-18(8-10-19)11-12-5-3-2-4-6-12/h2-6H,7-11H2,1H3,(H2,16,17). The monoisotopic (exact) mass is 320 g/mol. The number of benzene rings is 1. The Morgan fingerprint density at radius 1 is 1.19 bits per heavy atom. The van der Waals surface area contributed by atoms with Crippen LogP contribution in [0.4, 0.5) is 10.8 Å². The number of nitrogens with zero attached hydrogens (tertiary/aromatic N) is 3. The fourth-order valence-corrected chi connectivity index (χ4v) is 4.37. The Bertz CT molecular complexity index is 577. The number of thioether (sulfide) groups is 1. The minimum Gasteiger partial charge on any atom is -0.382 e. The molecule has 2 N–H and O–H groups in total. The van der Waals surface area contributed by atoms with Gasteiger partial charge in [-0.3, -0.25) is 4.90 Å². The van der Waals surface area contributed by atoms with Crippen molar-refractivity contribution in [1.29, 1.82) is 0 Å². The van der Waals surface area contributed by atoms with Crippen molar-refractivity contribution in [2.75, 3.05) is 43.1 Å². The Hall–Kier alpha value is -1.24. The average Bonchev–Trinajstić information content (AvgIpc) is 2.90. The molecule has 6 heteroatoms. The molecule has 0 saturated carbocycles. The second-order valence-electron chi connectivity index (χ2n) is 5.16. The zero-order valence-corrected chi connectivity index (χ0v) is 13.8. The molecule has 1 fully saturated rings. The van der Waals surface area contributed by atoms with E-state index in [2.05, 4.69) is 50.8 Å². The number of nitrogens with two attached hydrogens (primary N) is 1. The molecule has 1 aliphatic heterocycles. The van der Waals surface area contributed by atoms with Gasteiger partial charge in [0.2, 0.25) is 0 Å². The van der Waals surface area contributed by atoms with E-state index in [9.17, 15) is 0 Å². The summed E-state index contributed by atoms with van der Waals surface area (Å²) in [6, 6.07) is 10.7. The average molecular weight is 320 g/mol. The van der Waals surface area contributed by atoms with Gasteiger partial charge in [0.15, 0.2) is 5.82 Å². The van der Waals surface area contributed by atoms with Crippen LogP contribution in [0.15, 0.2) is 35.2 Å². The first-order valence-electron chi connectivity index (χ1n) is 7.08. The molecular formula is C15H20N4S2.